The number of nitrogens with one attached hydrogen (secondary N) is 2. The van der Waals surface area contributed by atoms with Crippen LogP contribution in [0.2, 0.25) is 0 Å². The van der Waals surface area contributed by atoms with E-state index in [0.717, 1.165) is 0 Å². The zero-order valence-corrected chi connectivity index (χ0v) is 15.1. The van der Waals surface area contributed by atoms with Crippen molar-refractivity contribution in [2.45, 2.75) is 12.8 Å². The SMILES string of the molecule is O=C([O-])CCC(=O)Nc1ccc(NC(=O)c2ccccc2)nc1.[Na+]. The number of anilines is 2. The Kier molecular flexibility index (Phi) is 8.11. The van der Waals surface area contributed by atoms with Gasteiger partial charge in [-0.3, -0.25) is 9.59 Å². The van der Waals surface area contributed by atoms with Gasteiger partial charge < -0.3 is 20.5 Å². The third-order valence-electron chi connectivity index (χ3n) is 2.88. The maximum atomic E-state index is 11.9. The fourth-order valence-corrected chi connectivity index (χ4v) is 1.76. The van der Waals surface area contributed by atoms with Crippen molar-refractivity contribution in [2.75, 3.05) is 10.6 Å². The minimum absolute atomic E-state index is 0. The summed E-state index contributed by atoms with van der Waals surface area (Å²) in [6.07, 6.45) is 0.858. The Morgan fingerprint density at radius 2 is 1.67 bits per heavy atom. The van der Waals surface area contributed by atoms with Crippen LogP contribution in [-0.2, 0) is 9.59 Å². The average Bonchev–Trinajstić information content (AvgIpc) is 2.55. The van der Waals surface area contributed by atoms with E-state index in [4.69, 9.17) is 0 Å². The van der Waals surface area contributed by atoms with Crippen LogP contribution in [0.5, 0.6) is 0 Å². The first-order valence-electron chi connectivity index (χ1n) is 6.87. The molecule has 8 heteroatoms. The van der Waals surface area contributed by atoms with Crippen LogP contribution in [-0.4, -0.2) is 22.8 Å². The van der Waals surface area contributed by atoms with Crippen molar-refractivity contribution in [3.8, 4) is 0 Å². The van der Waals surface area contributed by atoms with Crippen LogP contribution in [0.4, 0.5) is 11.5 Å². The van der Waals surface area contributed by atoms with E-state index in [-0.39, 0.29) is 48.3 Å². The number of rotatable bonds is 6. The number of carbonyl (C=O) groups excluding carboxylic acids is 3. The Morgan fingerprint density at radius 3 is 2.25 bits per heavy atom. The molecule has 0 fully saturated rings. The van der Waals surface area contributed by atoms with Crippen LogP contribution in [0, 0.1) is 0 Å². The number of hydrogen-bond donors (Lipinski definition) is 2. The Morgan fingerprint density at radius 1 is 0.958 bits per heavy atom. The Hall–Kier alpha value is -2.22. The van der Waals surface area contributed by atoms with E-state index in [9.17, 15) is 19.5 Å². The van der Waals surface area contributed by atoms with E-state index in [1.54, 1.807) is 30.3 Å². The number of amides is 2. The van der Waals surface area contributed by atoms with Gasteiger partial charge in [0, 0.05) is 18.0 Å². The fraction of sp³-hybridized carbons (Fsp3) is 0.125. The molecule has 0 saturated heterocycles. The molecule has 2 amide bonds. The zero-order chi connectivity index (χ0) is 16.7. The third-order valence-corrected chi connectivity index (χ3v) is 2.88. The molecule has 1 aromatic heterocycles. The molecule has 1 heterocycles. The number of carbonyl (C=O) groups is 3. The van der Waals surface area contributed by atoms with Crippen molar-refractivity contribution in [2.24, 2.45) is 0 Å². The van der Waals surface area contributed by atoms with Gasteiger partial charge in [0.05, 0.1) is 11.9 Å². The summed E-state index contributed by atoms with van der Waals surface area (Å²) in [5.74, 6) is -1.68. The summed E-state index contributed by atoms with van der Waals surface area (Å²) in [6, 6.07) is 11.8. The first-order chi connectivity index (χ1) is 11.0. The molecule has 0 radical (unpaired) electrons. The Labute approximate surface area is 160 Å². The van der Waals surface area contributed by atoms with Gasteiger partial charge in [0.25, 0.3) is 5.91 Å². The molecular weight excluding hydrogens is 321 g/mol. The number of aromatic nitrogens is 1. The molecule has 2 rings (SSSR count). The molecule has 0 atom stereocenters. The molecule has 118 valence electrons. The van der Waals surface area contributed by atoms with E-state index < -0.39 is 11.9 Å². The normalized spacial score (nSPS) is 9.50. The monoisotopic (exact) mass is 335 g/mol. The molecule has 0 aliphatic rings. The van der Waals surface area contributed by atoms with E-state index in [0.29, 0.717) is 17.1 Å². The zero-order valence-electron chi connectivity index (χ0n) is 13.1. The maximum Gasteiger partial charge on any atom is 1.00 e. The van der Waals surface area contributed by atoms with E-state index >= 15 is 0 Å². The topological polar surface area (TPSA) is 111 Å². The molecule has 24 heavy (non-hydrogen) atoms. The molecule has 0 unspecified atom stereocenters. The molecule has 0 aliphatic carbocycles. The molecule has 0 bridgehead atoms. The van der Waals surface area contributed by atoms with Gasteiger partial charge >= 0.3 is 29.6 Å². The second kappa shape index (κ2) is 9.82. The number of carboxylic acid groups (broad SMARTS) is 1. The van der Waals surface area contributed by atoms with E-state index in [1.807, 2.05) is 6.07 Å². The van der Waals surface area contributed by atoms with Crippen LogP contribution in [0.3, 0.4) is 0 Å². The number of hydrogen-bond acceptors (Lipinski definition) is 5. The Bertz CT molecular complexity index is 705. The molecule has 1 aromatic carbocycles. The first kappa shape index (κ1) is 19.8. The van der Waals surface area contributed by atoms with Crippen molar-refractivity contribution in [1.82, 2.24) is 4.98 Å². The van der Waals surface area contributed by atoms with Crippen LogP contribution < -0.4 is 45.3 Å². The molecule has 2 N–H and O–H groups in total. The van der Waals surface area contributed by atoms with Crippen molar-refractivity contribution < 1.29 is 49.0 Å². The average molecular weight is 335 g/mol. The molecule has 0 aliphatic heterocycles. The van der Waals surface area contributed by atoms with Crippen molar-refractivity contribution in [3.63, 3.8) is 0 Å². The van der Waals surface area contributed by atoms with Crippen molar-refractivity contribution in [3.05, 3.63) is 54.2 Å². The summed E-state index contributed by atoms with van der Waals surface area (Å²) in [7, 11) is 0. The van der Waals surface area contributed by atoms with Gasteiger partial charge in [-0.15, -0.1) is 0 Å². The first-order valence-corrected chi connectivity index (χ1v) is 6.87. The third kappa shape index (κ3) is 6.49. The molecule has 0 saturated carbocycles. The molecule has 0 spiro atoms. The number of carboxylic acids is 1. The smallest absolute Gasteiger partial charge is 0.550 e. The second-order valence-corrected chi connectivity index (χ2v) is 4.67. The minimum atomic E-state index is -1.28. The predicted molar refractivity (Wildman–Crippen MR) is 81.5 cm³/mol. The Balaban J connectivity index is 0.00000288. The molecule has 7 nitrogen and oxygen atoms in total. The number of pyridine rings is 1. The second-order valence-electron chi connectivity index (χ2n) is 4.67. The molecular formula is C16H14N3NaO4. The fourth-order valence-electron chi connectivity index (χ4n) is 1.76. The van der Waals surface area contributed by atoms with E-state index in [1.165, 1.54) is 12.3 Å². The summed E-state index contributed by atoms with van der Waals surface area (Å²) >= 11 is 0. The van der Waals surface area contributed by atoms with Gasteiger partial charge in [-0.25, -0.2) is 4.98 Å². The molecule has 2 aromatic rings. The van der Waals surface area contributed by atoms with Gasteiger partial charge in [0.15, 0.2) is 0 Å². The number of benzene rings is 1. The maximum absolute atomic E-state index is 11.9. The van der Waals surface area contributed by atoms with Gasteiger partial charge in [0.2, 0.25) is 5.91 Å². The van der Waals surface area contributed by atoms with E-state index in [2.05, 4.69) is 15.6 Å². The summed E-state index contributed by atoms with van der Waals surface area (Å²) in [6.45, 7) is 0. The quantitative estimate of drug-likeness (QED) is 0.583. The largest absolute Gasteiger partial charge is 1.00 e. The predicted octanol–water partition coefficient (Wildman–Crippen LogP) is -2.19. The summed E-state index contributed by atoms with van der Waals surface area (Å²) in [4.78, 5) is 37.7. The van der Waals surface area contributed by atoms with Crippen LogP contribution in [0.15, 0.2) is 48.7 Å². The summed E-state index contributed by atoms with van der Waals surface area (Å²) in [5.41, 5.74) is 0.917. The van der Waals surface area contributed by atoms with Crippen molar-refractivity contribution in [1.29, 1.82) is 0 Å². The van der Waals surface area contributed by atoms with Gasteiger partial charge in [0.1, 0.15) is 5.82 Å². The minimum Gasteiger partial charge on any atom is -0.550 e. The summed E-state index contributed by atoms with van der Waals surface area (Å²) in [5, 5.41) is 15.4. The van der Waals surface area contributed by atoms with Crippen LogP contribution in [0.1, 0.15) is 23.2 Å². The number of aliphatic carboxylic acids is 1. The number of nitrogens with zero attached hydrogens (tertiary/aromatic N) is 1. The van der Waals surface area contributed by atoms with Gasteiger partial charge in [-0.05, 0) is 30.7 Å². The van der Waals surface area contributed by atoms with Gasteiger partial charge in [-0.2, -0.15) is 0 Å². The standard InChI is InChI=1S/C16H15N3O4.Na/c20-14(8-9-15(21)22)18-12-6-7-13(17-10-12)19-16(23)11-4-2-1-3-5-11;/h1-7,10H,8-9H2,(H,18,20)(H,21,22)(H,17,19,23);/q;+1/p-1. The van der Waals surface area contributed by atoms with Crippen molar-refractivity contribution >= 4 is 29.3 Å². The van der Waals surface area contributed by atoms with Crippen LogP contribution in [0.25, 0.3) is 0 Å². The van der Waals surface area contributed by atoms with Crippen LogP contribution >= 0.6 is 0 Å². The summed E-state index contributed by atoms with van der Waals surface area (Å²) < 4.78 is 0. The van der Waals surface area contributed by atoms with Gasteiger partial charge in [-0.1, -0.05) is 18.2 Å².